The third-order valence-electron chi connectivity index (χ3n) is 11.8. The Kier molecular flexibility index (Phi) is 5.73. The van der Waals surface area contributed by atoms with E-state index in [1.165, 1.54) is 66.1 Å². The highest BCUT2D eigenvalue weighted by Gasteiger charge is 2.53. The van der Waals surface area contributed by atoms with Gasteiger partial charge in [-0.25, -0.2) is 0 Å². The van der Waals surface area contributed by atoms with E-state index in [0.29, 0.717) is 0 Å². The monoisotopic (exact) mass is 673 g/mol. The van der Waals surface area contributed by atoms with Gasteiger partial charge in [-0.3, -0.25) is 0 Å². The molecule has 0 saturated heterocycles. The molecule has 0 N–H and O–H groups in total. The minimum absolute atomic E-state index is 0.525. The van der Waals surface area contributed by atoms with E-state index in [0.717, 1.165) is 39.0 Å². The van der Waals surface area contributed by atoms with Crippen LogP contribution >= 0.6 is 0 Å². The van der Waals surface area contributed by atoms with Crippen LogP contribution in [0, 0.1) is 0 Å². The molecule has 12 rings (SSSR count). The quantitative estimate of drug-likeness (QED) is 0.186. The van der Waals surface area contributed by atoms with Gasteiger partial charge in [0.15, 0.2) is 5.58 Å². The van der Waals surface area contributed by atoms with Gasteiger partial charge in [-0.05, 0) is 79.4 Å². The number of anilines is 3. The summed E-state index contributed by atoms with van der Waals surface area (Å²) < 4.78 is 7.00. The minimum atomic E-state index is -0.525. The molecule has 53 heavy (non-hydrogen) atoms. The first-order valence-corrected chi connectivity index (χ1v) is 18.4. The maximum atomic E-state index is 7.00. The average molecular weight is 674 g/mol. The topological polar surface area (TPSA) is 16.4 Å². The number of benzene rings is 9. The number of furan rings is 1. The van der Waals surface area contributed by atoms with Crippen LogP contribution in [0.3, 0.4) is 0 Å². The van der Waals surface area contributed by atoms with Crippen molar-refractivity contribution in [1.29, 1.82) is 0 Å². The van der Waals surface area contributed by atoms with Crippen molar-refractivity contribution in [3.05, 3.63) is 210 Å². The molecular formula is C51H31NO. The van der Waals surface area contributed by atoms with Crippen LogP contribution in [0.15, 0.2) is 192 Å². The normalized spacial score (nSPS) is 13.4. The van der Waals surface area contributed by atoms with Crippen LogP contribution < -0.4 is 4.90 Å². The molecule has 2 aliphatic rings. The maximum absolute atomic E-state index is 7.00. The zero-order chi connectivity index (χ0) is 34.7. The zero-order valence-electron chi connectivity index (χ0n) is 28.8. The molecule has 0 radical (unpaired) electrons. The lowest BCUT2D eigenvalue weighted by Gasteiger charge is -2.36. The van der Waals surface area contributed by atoms with Gasteiger partial charge in [0.25, 0.3) is 0 Å². The van der Waals surface area contributed by atoms with Gasteiger partial charge in [-0.15, -0.1) is 0 Å². The molecular weight excluding hydrogens is 643 g/mol. The van der Waals surface area contributed by atoms with E-state index in [4.69, 9.17) is 4.42 Å². The lowest BCUT2D eigenvalue weighted by atomic mass is 9.70. The number of fused-ring (bicyclic) bond motifs is 16. The summed E-state index contributed by atoms with van der Waals surface area (Å²) in [7, 11) is 0. The molecule has 1 heterocycles. The van der Waals surface area contributed by atoms with Gasteiger partial charge in [0.05, 0.1) is 22.5 Å². The van der Waals surface area contributed by atoms with Crippen LogP contribution in [0.1, 0.15) is 22.3 Å². The van der Waals surface area contributed by atoms with Crippen LogP contribution in [0.2, 0.25) is 0 Å². The van der Waals surface area contributed by atoms with Crippen LogP contribution in [-0.2, 0) is 5.41 Å². The molecule has 1 aromatic heterocycles. The fourth-order valence-electron chi connectivity index (χ4n) is 9.83. The number of hydrogen-bond donors (Lipinski definition) is 0. The Morgan fingerprint density at radius 1 is 0.377 bits per heavy atom. The summed E-state index contributed by atoms with van der Waals surface area (Å²) in [5.74, 6) is 0. The molecule has 246 valence electrons. The number of para-hydroxylation sites is 1. The Morgan fingerprint density at radius 3 is 1.62 bits per heavy atom. The van der Waals surface area contributed by atoms with Gasteiger partial charge in [0.1, 0.15) is 5.58 Å². The fraction of sp³-hybridized carbons (Fsp3) is 0.0196. The van der Waals surface area contributed by atoms with Gasteiger partial charge in [0.2, 0.25) is 0 Å². The number of nitrogens with zero attached hydrogens (tertiary/aromatic N) is 1. The molecule has 9 aromatic carbocycles. The van der Waals surface area contributed by atoms with Crippen molar-refractivity contribution in [3.63, 3.8) is 0 Å². The summed E-state index contributed by atoms with van der Waals surface area (Å²) in [4.78, 5) is 2.51. The summed E-state index contributed by atoms with van der Waals surface area (Å²) in [6.07, 6.45) is 0. The van der Waals surface area contributed by atoms with Crippen molar-refractivity contribution in [1.82, 2.24) is 0 Å². The lowest BCUT2D eigenvalue weighted by molar-refractivity contribution is 0.669. The van der Waals surface area contributed by atoms with E-state index in [-0.39, 0.29) is 0 Å². The molecule has 2 heteroatoms. The smallest absolute Gasteiger partial charge is 0.160 e. The molecule has 2 nitrogen and oxygen atoms in total. The molecule has 2 aliphatic carbocycles. The summed E-state index contributed by atoms with van der Waals surface area (Å²) in [6.45, 7) is 0. The predicted octanol–water partition coefficient (Wildman–Crippen LogP) is 13.7. The van der Waals surface area contributed by atoms with E-state index in [1.54, 1.807) is 0 Å². The van der Waals surface area contributed by atoms with Crippen LogP contribution in [0.5, 0.6) is 0 Å². The van der Waals surface area contributed by atoms with Gasteiger partial charge >= 0.3 is 0 Å². The van der Waals surface area contributed by atoms with E-state index in [1.807, 2.05) is 0 Å². The highest BCUT2D eigenvalue weighted by molar-refractivity contribution is 6.23. The maximum Gasteiger partial charge on any atom is 0.160 e. The van der Waals surface area contributed by atoms with Crippen molar-refractivity contribution in [2.45, 2.75) is 5.41 Å². The van der Waals surface area contributed by atoms with Crippen molar-refractivity contribution in [3.8, 4) is 22.3 Å². The molecule has 0 fully saturated rings. The molecule has 0 amide bonds. The average Bonchev–Trinajstić information content (AvgIpc) is 3.86. The second kappa shape index (κ2) is 10.6. The zero-order valence-corrected chi connectivity index (χ0v) is 28.8. The van der Waals surface area contributed by atoms with Crippen molar-refractivity contribution in [2.24, 2.45) is 0 Å². The van der Waals surface area contributed by atoms with E-state index < -0.39 is 5.41 Å². The molecule has 0 unspecified atom stereocenters. The Labute approximate surface area is 306 Å². The van der Waals surface area contributed by atoms with Crippen LogP contribution in [0.25, 0.3) is 65.7 Å². The summed E-state index contributed by atoms with van der Waals surface area (Å²) >= 11 is 0. The Balaban J connectivity index is 1.29. The van der Waals surface area contributed by atoms with E-state index >= 15 is 0 Å². The molecule has 0 bridgehead atoms. The molecule has 1 spiro atoms. The Morgan fingerprint density at radius 2 is 0.887 bits per heavy atom. The van der Waals surface area contributed by atoms with Crippen molar-refractivity contribution < 1.29 is 4.42 Å². The highest BCUT2D eigenvalue weighted by Crippen LogP contribution is 2.65. The Hall–Kier alpha value is -6.90. The van der Waals surface area contributed by atoms with Crippen LogP contribution in [-0.4, -0.2) is 0 Å². The Bertz CT molecular complexity index is 3080. The van der Waals surface area contributed by atoms with Crippen molar-refractivity contribution in [2.75, 3.05) is 4.90 Å². The van der Waals surface area contributed by atoms with Gasteiger partial charge < -0.3 is 9.32 Å². The molecule has 0 saturated carbocycles. The second-order valence-electron chi connectivity index (χ2n) is 14.3. The SMILES string of the molecule is c1ccc2c(c1)-c1ccccc1C21c2ccccc2-c2cccc(N(c3cccc4ccccc34)c3cc4ccccc4c4c3oc3ccccc34)c21. The number of hydrogen-bond acceptors (Lipinski definition) is 2. The first-order valence-electron chi connectivity index (χ1n) is 18.4. The third kappa shape index (κ3) is 3.67. The van der Waals surface area contributed by atoms with Gasteiger partial charge in [0, 0.05) is 21.7 Å². The van der Waals surface area contributed by atoms with Gasteiger partial charge in [-0.1, -0.05) is 164 Å². The summed E-state index contributed by atoms with van der Waals surface area (Å²) in [6, 6.07) is 69.0. The van der Waals surface area contributed by atoms with Gasteiger partial charge in [-0.2, -0.15) is 0 Å². The summed E-state index contributed by atoms with van der Waals surface area (Å²) in [5.41, 5.74) is 14.9. The predicted molar refractivity (Wildman–Crippen MR) is 220 cm³/mol. The summed E-state index contributed by atoms with van der Waals surface area (Å²) in [5, 5.41) is 7.00. The first-order chi connectivity index (χ1) is 26.3. The molecule has 10 aromatic rings. The highest BCUT2D eigenvalue weighted by atomic mass is 16.3. The standard InChI is InChI=1S/C51H31NO/c1-3-18-34-32(15-1)17-13-28-44(34)52(46-31-33-16-2-4-19-35(33)48-40-23-8-12-30-47(40)53-50(46)48)45-29-14-24-39-38-22-7-11-27-43(38)51(49(39)45)41-25-9-5-20-36(41)37-21-6-10-26-42(37)51/h1-31H. The lowest BCUT2D eigenvalue weighted by Crippen LogP contribution is -2.28. The van der Waals surface area contributed by atoms with Crippen molar-refractivity contribution >= 4 is 60.5 Å². The van der Waals surface area contributed by atoms with E-state index in [9.17, 15) is 0 Å². The largest absolute Gasteiger partial charge is 0.454 e. The molecule has 0 aliphatic heterocycles. The fourth-order valence-corrected chi connectivity index (χ4v) is 9.83. The first kappa shape index (κ1) is 28.8. The second-order valence-corrected chi connectivity index (χ2v) is 14.3. The number of rotatable bonds is 3. The van der Waals surface area contributed by atoms with E-state index in [2.05, 4.69) is 193 Å². The third-order valence-corrected chi connectivity index (χ3v) is 11.8. The minimum Gasteiger partial charge on any atom is -0.454 e. The van der Waals surface area contributed by atoms with Crippen LogP contribution in [0.4, 0.5) is 17.1 Å². The molecule has 0 atom stereocenters.